The Morgan fingerprint density at radius 2 is 1.90 bits per heavy atom. The van der Waals surface area contributed by atoms with Crippen molar-refractivity contribution >= 4 is 23.4 Å². The van der Waals surface area contributed by atoms with Gasteiger partial charge in [0, 0.05) is 63.4 Å². The summed E-state index contributed by atoms with van der Waals surface area (Å²) in [5.74, 6) is 0.580. The molecule has 2 aromatic heterocycles. The predicted molar refractivity (Wildman–Crippen MR) is 118 cm³/mol. The van der Waals surface area contributed by atoms with Crippen molar-refractivity contribution in [2.45, 2.75) is 43.4 Å². The van der Waals surface area contributed by atoms with Crippen molar-refractivity contribution in [1.29, 1.82) is 0 Å². The molecule has 0 radical (unpaired) electrons. The van der Waals surface area contributed by atoms with Crippen molar-refractivity contribution < 1.29 is 4.79 Å². The average Bonchev–Trinajstić information content (AvgIpc) is 3.15. The number of anilines is 1. The molecule has 1 saturated heterocycles. The molecule has 1 atom stereocenters. The third kappa shape index (κ3) is 4.06. The van der Waals surface area contributed by atoms with Gasteiger partial charge in [0.1, 0.15) is 5.69 Å². The van der Waals surface area contributed by atoms with Crippen molar-refractivity contribution in [1.82, 2.24) is 24.0 Å². The summed E-state index contributed by atoms with van der Waals surface area (Å²) in [6.45, 7) is 2.96. The number of carbonyl (C=O) groups is 1. The van der Waals surface area contributed by atoms with E-state index in [0.29, 0.717) is 48.1 Å². The molecule has 1 unspecified atom stereocenters. The van der Waals surface area contributed by atoms with E-state index in [1.165, 1.54) is 23.4 Å². The molecule has 0 bridgehead atoms. The first-order chi connectivity index (χ1) is 14.8. The van der Waals surface area contributed by atoms with Crippen LogP contribution >= 0.6 is 11.8 Å². The van der Waals surface area contributed by atoms with Crippen LogP contribution in [0.15, 0.2) is 31.9 Å². The lowest BCUT2D eigenvalue weighted by Crippen LogP contribution is -2.48. The van der Waals surface area contributed by atoms with Gasteiger partial charge in [-0.3, -0.25) is 23.5 Å². The van der Waals surface area contributed by atoms with Gasteiger partial charge in [0.2, 0.25) is 5.91 Å². The van der Waals surface area contributed by atoms with Crippen LogP contribution in [0, 0.1) is 6.92 Å². The fourth-order valence-electron chi connectivity index (χ4n) is 4.14. The average molecular weight is 447 g/mol. The second-order valence-corrected chi connectivity index (χ2v) is 9.16. The minimum atomic E-state index is -0.355. The van der Waals surface area contributed by atoms with Gasteiger partial charge in [-0.05, 0) is 19.8 Å². The summed E-state index contributed by atoms with van der Waals surface area (Å²) in [4.78, 5) is 55.7. The number of hydrogen-bond acceptors (Lipinski definition) is 7. The van der Waals surface area contributed by atoms with Gasteiger partial charge < -0.3 is 14.8 Å². The fraction of sp³-hybridized carbons (Fsp3) is 0.550. The zero-order valence-corrected chi connectivity index (χ0v) is 18.6. The van der Waals surface area contributed by atoms with Gasteiger partial charge in [0.25, 0.3) is 11.1 Å². The van der Waals surface area contributed by atoms with Crippen LogP contribution < -0.4 is 27.0 Å². The van der Waals surface area contributed by atoms with Gasteiger partial charge >= 0.3 is 5.69 Å². The molecule has 0 spiro atoms. The minimum Gasteiger partial charge on any atom is -0.366 e. The number of thioether (sulfide) groups is 1. The van der Waals surface area contributed by atoms with Crippen LogP contribution in [0.1, 0.15) is 30.9 Å². The van der Waals surface area contributed by atoms with Crippen LogP contribution in [0.2, 0.25) is 0 Å². The van der Waals surface area contributed by atoms with E-state index in [-0.39, 0.29) is 41.2 Å². The highest BCUT2D eigenvalue weighted by Crippen LogP contribution is 2.31. The van der Waals surface area contributed by atoms with Crippen molar-refractivity contribution in [3.05, 3.63) is 49.1 Å². The lowest BCUT2D eigenvalue weighted by Gasteiger charge is -2.33. The van der Waals surface area contributed by atoms with Crippen LogP contribution in [0.3, 0.4) is 0 Å². The second kappa shape index (κ2) is 8.37. The van der Waals surface area contributed by atoms with Gasteiger partial charge in [-0.25, -0.2) is 9.78 Å². The van der Waals surface area contributed by atoms with E-state index in [9.17, 15) is 19.2 Å². The molecule has 31 heavy (non-hydrogen) atoms. The predicted octanol–water partition coefficient (Wildman–Crippen LogP) is -0.229. The van der Waals surface area contributed by atoms with E-state index in [0.717, 1.165) is 4.57 Å². The highest BCUT2D eigenvalue weighted by molar-refractivity contribution is 7.99. The molecule has 0 aliphatic carbocycles. The molecule has 1 fully saturated rings. The van der Waals surface area contributed by atoms with Crippen molar-refractivity contribution in [3.8, 4) is 0 Å². The number of piperidine rings is 1. The monoisotopic (exact) mass is 446 g/mol. The number of nitrogens with one attached hydrogen (secondary N) is 1. The standard InChI is InChI=1S/C20H26N6O4S/c1-12-9-21-19-26(17(12)28)14(11-31-19)8-16(27)22-13-4-6-25(7-5-13)15-10-23(2)20(30)24(3)18(15)29/h9-10,13-14H,4-8,11H2,1-3H3,(H,22,27). The number of rotatable bonds is 4. The number of aryl methyl sites for hydroxylation is 2. The topological polar surface area (TPSA) is 111 Å². The van der Waals surface area contributed by atoms with E-state index in [1.54, 1.807) is 30.9 Å². The van der Waals surface area contributed by atoms with Gasteiger partial charge in [-0.15, -0.1) is 0 Å². The molecule has 11 heteroatoms. The van der Waals surface area contributed by atoms with Gasteiger partial charge in [0.15, 0.2) is 5.16 Å². The van der Waals surface area contributed by atoms with Crippen molar-refractivity contribution in [2.75, 3.05) is 23.7 Å². The Hall–Kier alpha value is -2.82. The summed E-state index contributed by atoms with van der Waals surface area (Å²) in [6, 6.07) is -0.172. The highest BCUT2D eigenvalue weighted by Gasteiger charge is 2.29. The Labute approximate surface area is 182 Å². The maximum Gasteiger partial charge on any atom is 0.330 e. The molecule has 2 aliphatic rings. The lowest BCUT2D eigenvalue weighted by atomic mass is 10.0. The van der Waals surface area contributed by atoms with Crippen LogP contribution in [0.25, 0.3) is 0 Å². The molecule has 1 amide bonds. The lowest BCUT2D eigenvalue weighted by molar-refractivity contribution is -0.122. The first-order valence-electron chi connectivity index (χ1n) is 10.3. The number of hydrogen-bond donors (Lipinski definition) is 1. The summed E-state index contributed by atoms with van der Waals surface area (Å²) in [6.07, 6.45) is 4.80. The molecule has 4 rings (SSSR count). The number of carbonyl (C=O) groups excluding carboxylic acids is 1. The van der Waals surface area contributed by atoms with E-state index in [4.69, 9.17) is 0 Å². The van der Waals surface area contributed by atoms with E-state index in [2.05, 4.69) is 10.3 Å². The molecule has 10 nitrogen and oxygen atoms in total. The number of amides is 1. The fourth-order valence-corrected chi connectivity index (χ4v) is 5.25. The van der Waals surface area contributed by atoms with Gasteiger partial charge in [0.05, 0.1) is 6.04 Å². The number of nitrogens with zero attached hydrogens (tertiary/aromatic N) is 5. The number of aromatic nitrogens is 4. The van der Waals surface area contributed by atoms with Gasteiger partial charge in [-0.2, -0.15) is 0 Å². The van der Waals surface area contributed by atoms with Crippen LogP contribution in [-0.4, -0.2) is 49.5 Å². The summed E-state index contributed by atoms with van der Waals surface area (Å²) < 4.78 is 4.15. The Morgan fingerprint density at radius 3 is 2.61 bits per heavy atom. The zero-order valence-electron chi connectivity index (χ0n) is 17.8. The molecule has 0 saturated carbocycles. The summed E-state index contributed by atoms with van der Waals surface area (Å²) >= 11 is 1.50. The minimum absolute atomic E-state index is 0.0148. The second-order valence-electron chi connectivity index (χ2n) is 8.17. The molecular formula is C20H26N6O4S. The first kappa shape index (κ1) is 21.4. The van der Waals surface area contributed by atoms with E-state index in [1.807, 2.05) is 4.90 Å². The summed E-state index contributed by atoms with van der Waals surface area (Å²) in [5, 5.41) is 3.75. The molecular weight excluding hydrogens is 420 g/mol. The van der Waals surface area contributed by atoms with Crippen LogP contribution in [0.5, 0.6) is 0 Å². The smallest absolute Gasteiger partial charge is 0.330 e. The Morgan fingerprint density at radius 1 is 1.19 bits per heavy atom. The molecule has 0 aromatic carbocycles. The zero-order chi connectivity index (χ0) is 22.3. The van der Waals surface area contributed by atoms with E-state index >= 15 is 0 Å². The molecule has 166 valence electrons. The van der Waals surface area contributed by atoms with Crippen LogP contribution in [-0.2, 0) is 18.9 Å². The molecule has 4 heterocycles. The first-order valence-corrected chi connectivity index (χ1v) is 11.3. The Bertz CT molecular complexity index is 1190. The normalized spacial score (nSPS) is 18.8. The largest absolute Gasteiger partial charge is 0.366 e. The summed E-state index contributed by atoms with van der Waals surface area (Å²) in [5.41, 5.74) is 0.328. The number of fused-ring (bicyclic) bond motifs is 1. The molecule has 2 aliphatic heterocycles. The third-order valence-electron chi connectivity index (χ3n) is 5.95. The Balaban J connectivity index is 1.36. The molecule has 2 aromatic rings. The maximum absolute atomic E-state index is 12.6. The van der Waals surface area contributed by atoms with E-state index < -0.39 is 0 Å². The van der Waals surface area contributed by atoms with Crippen molar-refractivity contribution in [2.24, 2.45) is 14.1 Å². The SMILES string of the molecule is Cc1cnc2n(c1=O)C(CC(=O)NC1CCN(c3cn(C)c(=O)n(C)c3=O)CC1)CS2. The quantitative estimate of drug-likeness (QED) is 0.646. The third-order valence-corrected chi connectivity index (χ3v) is 7.06. The van der Waals surface area contributed by atoms with Crippen molar-refractivity contribution in [3.63, 3.8) is 0 Å². The molecule has 1 N–H and O–H groups in total. The maximum atomic E-state index is 12.6. The highest BCUT2D eigenvalue weighted by atomic mass is 32.2. The Kier molecular flexibility index (Phi) is 5.78. The summed E-state index contributed by atoms with van der Waals surface area (Å²) in [7, 11) is 3.10. The van der Waals surface area contributed by atoms with Gasteiger partial charge in [-0.1, -0.05) is 11.8 Å². The van der Waals surface area contributed by atoms with Crippen LogP contribution in [0.4, 0.5) is 5.69 Å².